The first-order chi connectivity index (χ1) is 9.70. The van der Waals surface area contributed by atoms with Crippen molar-refractivity contribution in [2.75, 3.05) is 24.6 Å². The number of thiophene rings is 1. The molecule has 3 rings (SSSR count). The van der Waals surface area contributed by atoms with Crippen molar-refractivity contribution in [2.24, 2.45) is 0 Å². The predicted octanol–water partition coefficient (Wildman–Crippen LogP) is 2.85. The van der Waals surface area contributed by atoms with Crippen LogP contribution in [0, 0.1) is 0 Å². The maximum Gasteiger partial charge on any atom is 0.266 e. The van der Waals surface area contributed by atoms with Gasteiger partial charge in [-0.1, -0.05) is 6.92 Å². The van der Waals surface area contributed by atoms with E-state index in [4.69, 9.17) is 5.73 Å². The topological polar surface area (TPSA) is 59.2 Å². The monoisotopic (exact) mass is 307 g/mol. The van der Waals surface area contributed by atoms with Gasteiger partial charge in [0, 0.05) is 30.3 Å². The number of aromatic nitrogens is 1. The molecule has 20 heavy (non-hydrogen) atoms. The largest absolute Gasteiger partial charge is 0.396 e. The third kappa shape index (κ3) is 2.38. The van der Waals surface area contributed by atoms with Gasteiger partial charge < -0.3 is 10.6 Å². The minimum absolute atomic E-state index is 0.0595. The lowest BCUT2D eigenvalue weighted by Crippen LogP contribution is -2.41. The maximum atomic E-state index is 12.7. The molecule has 106 valence electrons. The van der Waals surface area contributed by atoms with Crippen LogP contribution < -0.4 is 5.73 Å². The third-order valence-corrected chi connectivity index (χ3v) is 6.08. The Bertz CT molecular complexity index is 640. The van der Waals surface area contributed by atoms with Gasteiger partial charge in [-0.3, -0.25) is 9.78 Å². The molecule has 1 amide bonds. The number of thioether (sulfide) groups is 1. The Morgan fingerprint density at radius 2 is 2.45 bits per heavy atom. The van der Waals surface area contributed by atoms with E-state index in [1.54, 1.807) is 6.20 Å². The summed E-state index contributed by atoms with van der Waals surface area (Å²) in [6.45, 7) is 3.80. The molecule has 2 aromatic heterocycles. The number of pyridine rings is 1. The van der Waals surface area contributed by atoms with Gasteiger partial charge in [0.25, 0.3) is 5.91 Å². The molecule has 0 aliphatic carbocycles. The van der Waals surface area contributed by atoms with Gasteiger partial charge in [-0.25, -0.2) is 0 Å². The summed E-state index contributed by atoms with van der Waals surface area (Å²) < 4.78 is 0.978. The highest BCUT2D eigenvalue weighted by atomic mass is 32.2. The molecule has 6 heteroatoms. The average molecular weight is 307 g/mol. The van der Waals surface area contributed by atoms with Crippen LogP contribution in [0.3, 0.4) is 0 Å². The van der Waals surface area contributed by atoms with Crippen LogP contribution in [-0.2, 0) is 0 Å². The molecule has 0 aromatic carbocycles. The fourth-order valence-electron chi connectivity index (χ4n) is 2.40. The first kappa shape index (κ1) is 13.7. The van der Waals surface area contributed by atoms with Crippen LogP contribution in [0.1, 0.15) is 23.0 Å². The minimum Gasteiger partial charge on any atom is -0.396 e. The smallest absolute Gasteiger partial charge is 0.266 e. The molecule has 0 saturated carbocycles. The molecule has 2 aromatic rings. The van der Waals surface area contributed by atoms with Gasteiger partial charge in [-0.2, -0.15) is 11.8 Å². The van der Waals surface area contributed by atoms with E-state index in [0.29, 0.717) is 15.8 Å². The SMILES string of the molecule is CCC1CN(C(=O)c2sc3cccnc3c2N)CCS1. The van der Waals surface area contributed by atoms with E-state index in [9.17, 15) is 4.79 Å². The second-order valence-corrected chi connectivity index (χ2v) is 7.31. The zero-order valence-corrected chi connectivity index (χ0v) is 13.0. The van der Waals surface area contributed by atoms with Gasteiger partial charge >= 0.3 is 0 Å². The van der Waals surface area contributed by atoms with Gasteiger partial charge in [0.1, 0.15) is 10.4 Å². The van der Waals surface area contributed by atoms with Gasteiger partial charge in [0.2, 0.25) is 0 Å². The van der Waals surface area contributed by atoms with Crippen LogP contribution in [0.2, 0.25) is 0 Å². The molecule has 1 aliphatic heterocycles. The van der Waals surface area contributed by atoms with E-state index in [0.717, 1.165) is 35.5 Å². The normalized spacial score (nSPS) is 19.4. The van der Waals surface area contributed by atoms with Crippen molar-refractivity contribution < 1.29 is 4.79 Å². The molecule has 2 N–H and O–H groups in total. The molecule has 1 fully saturated rings. The van der Waals surface area contributed by atoms with Crippen molar-refractivity contribution >= 4 is 44.9 Å². The van der Waals surface area contributed by atoms with Crippen LogP contribution in [0.5, 0.6) is 0 Å². The first-order valence-electron chi connectivity index (χ1n) is 6.74. The van der Waals surface area contributed by atoms with E-state index < -0.39 is 0 Å². The number of amides is 1. The summed E-state index contributed by atoms with van der Waals surface area (Å²) in [4.78, 5) is 19.5. The Balaban J connectivity index is 1.90. The molecule has 1 aliphatic rings. The van der Waals surface area contributed by atoms with Crippen LogP contribution in [0.25, 0.3) is 10.2 Å². The lowest BCUT2D eigenvalue weighted by atomic mass is 10.2. The minimum atomic E-state index is 0.0595. The highest BCUT2D eigenvalue weighted by Gasteiger charge is 2.27. The summed E-state index contributed by atoms with van der Waals surface area (Å²) in [7, 11) is 0. The highest BCUT2D eigenvalue weighted by Crippen LogP contribution is 2.33. The summed E-state index contributed by atoms with van der Waals surface area (Å²) in [6.07, 6.45) is 2.81. The van der Waals surface area contributed by atoms with Gasteiger partial charge in [0.15, 0.2) is 0 Å². The average Bonchev–Trinajstić information content (AvgIpc) is 2.84. The lowest BCUT2D eigenvalue weighted by molar-refractivity contribution is 0.0767. The van der Waals surface area contributed by atoms with E-state index in [-0.39, 0.29) is 5.91 Å². The summed E-state index contributed by atoms with van der Waals surface area (Å²) in [5.74, 6) is 1.07. The molecule has 0 spiro atoms. The third-order valence-electron chi connectivity index (χ3n) is 3.56. The molecular weight excluding hydrogens is 290 g/mol. The van der Waals surface area contributed by atoms with Crippen molar-refractivity contribution in [3.63, 3.8) is 0 Å². The maximum absolute atomic E-state index is 12.7. The Labute approximate surface area is 126 Å². The summed E-state index contributed by atoms with van der Waals surface area (Å²) in [5, 5.41) is 0.543. The second kappa shape index (κ2) is 5.61. The standard InChI is InChI=1S/C14H17N3OS2/c1-2-9-8-17(6-7-19-9)14(18)13-11(15)12-10(20-13)4-3-5-16-12/h3-5,9H,2,6-8,15H2,1H3. The highest BCUT2D eigenvalue weighted by molar-refractivity contribution is 8.00. The number of fused-ring (bicyclic) bond motifs is 1. The number of anilines is 1. The molecule has 0 bridgehead atoms. The van der Waals surface area contributed by atoms with Crippen LogP contribution in [0.15, 0.2) is 18.3 Å². The summed E-state index contributed by atoms with van der Waals surface area (Å²) in [5.41, 5.74) is 7.39. The number of carbonyl (C=O) groups is 1. The quantitative estimate of drug-likeness (QED) is 0.927. The predicted molar refractivity (Wildman–Crippen MR) is 86.5 cm³/mol. The second-order valence-electron chi connectivity index (χ2n) is 4.85. The number of hydrogen-bond acceptors (Lipinski definition) is 5. The summed E-state index contributed by atoms with van der Waals surface area (Å²) >= 11 is 3.40. The van der Waals surface area contributed by atoms with Gasteiger partial charge in [-0.15, -0.1) is 11.3 Å². The Hall–Kier alpha value is -1.27. The van der Waals surface area contributed by atoms with Crippen LogP contribution in [-0.4, -0.2) is 39.9 Å². The van der Waals surface area contributed by atoms with Crippen molar-refractivity contribution in [1.82, 2.24) is 9.88 Å². The molecule has 1 atom stereocenters. The van der Waals surface area contributed by atoms with E-state index in [1.165, 1.54) is 11.3 Å². The summed E-state index contributed by atoms with van der Waals surface area (Å²) in [6, 6.07) is 3.83. The zero-order chi connectivity index (χ0) is 14.1. The molecule has 3 heterocycles. The molecular formula is C14H17N3OS2. The first-order valence-corrected chi connectivity index (χ1v) is 8.61. The van der Waals surface area contributed by atoms with Crippen molar-refractivity contribution in [2.45, 2.75) is 18.6 Å². The lowest BCUT2D eigenvalue weighted by Gasteiger charge is -2.31. The number of nitrogens with zero attached hydrogens (tertiary/aromatic N) is 2. The van der Waals surface area contributed by atoms with E-state index in [1.807, 2.05) is 28.8 Å². The fourth-order valence-corrected chi connectivity index (χ4v) is 4.63. The van der Waals surface area contributed by atoms with E-state index in [2.05, 4.69) is 11.9 Å². The van der Waals surface area contributed by atoms with Gasteiger partial charge in [0.05, 0.1) is 10.4 Å². The Morgan fingerprint density at radius 3 is 3.20 bits per heavy atom. The number of nitrogen functional groups attached to an aromatic ring is 1. The Morgan fingerprint density at radius 1 is 1.60 bits per heavy atom. The van der Waals surface area contributed by atoms with Gasteiger partial charge in [-0.05, 0) is 18.6 Å². The molecule has 4 nitrogen and oxygen atoms in total. The van der Waals surface area contributed by atoms with Crippen LogP contribution >= 0.6 is 23.1 Å². The number of hydrogen-bond donors (Lipinski definition) is 1. The number of rotatable bonds is 2. The molecule has 1 saturated heterocycles. The fraction of sp³-hybridized carbons (Fsp3) is 0.429. The van der Waals surface area contributed by atoms with Crippen molar-refractivity contribution in [3.8, 4) is 0 Å². The zero-order valence-electron chi connectivity index (χ0n) is 11.3. The van der Waals surface area contributed by atoms with Crippen LogP contribution in [0.4, 0.5) is 5.69 Å². The molecule has 0 radical (unpaired) electrons. The number of nitrogens with two attached hydrogens (primary N) is 1. The van der Waals surface area contributed by atoms with Crippen molar-refractivity contribution in [1.29, 1.82) is 0 Å². The Kier molecular flexibility index (Phi) is 3.85. The molecule has 1 unspecified atom stereocenters. The van der Waals surface area contributed by atoms with Crippen molar-refractivity contribution in [3.05, 3.63) is 23.2 Å². The van der Waals surface area contributed by atoms with E-state index >= 15 is 0 Å². The number of carbonyl (C=O) groups excluding carboxylic acids is 1.